The second-order valence-corrected chi connectivity index (χ2v) is 4.39. The summed E-state index contributed by atoms with van der Waals surface area (Å²) in [6.45, 7) is 5.61. The van der Waals surface area contributed by atoms with E-state index in [0.29, 0.717) is 12.4 Å². The fourth-order valence-corrected chi connectivity index (χ4v) is 1.57. The zero-order chi connectivity index (χ0) is 13.9. The highest BCUT2D eigenvalue weighted by molar-refractivity contribution is 5.86. The Bertz CT molecular complexity index is 371. The first-order chi connectivity index (χ1) is 9.26. The molecule has 0 saturated heterocycles. The number of hydrogen-bond acceptors (Lipinski definition) is 4. The first-order valence-corrected chi connectivity index (χ1v) is 6.88. The standard InChI is InChI=1S/C15H23NO3/c1-3-5-10-16-13(4-2)12-19-15(17)9-8-14-7-6-11-18-14/h6-9,11,13,16H,3-5,10,12H2,1-2H3/b9-8+. The van der Waals surface area contributed by atoms with E-state index in [1.165, 1.54) is 6.08 Å². The van der Waals surface area contributed by atoms with Gasteiger partial charge in [0.2, 0.25) is 0 Å². The third-order valence-electron chi connectivity index (χ3n) is 2.81. The van der Waals surface area contributed by atoms with Crippen molar-refractivity contribution in [2.45, 2.75) is 39.2 Å². The Morgan fingerprint density at radius 1 is 1.53 bits per heavy atom. The largest absolute Gasteiger partial charge is 0.465 e. The molecule has 0 fully saturated rings. The van der Waals surface area contributed by atoms with Gasteiger partial charge in [-0.1, -0.05) is 20.3 Å². The summed E-state index contributed by atoms with van der Waals surface area (Å²) in [7, 11) is 0. The van der Waals surface area contributed by atoms with Crippen LogP contribution in [0.4, 0.5) is 0 Å². The van der Waals surface area contributed by atoms with Crippen molar-refractivity contribution in [3.63, 3.8) is 0 Å². The topological polar surface area (TPSA) is 51.5 Å². The molecule has 1 aromatic rings. The van der Waals surface area contributed by atoms with Gasteiger partial charge in [-0.15, -0.1) is 0 Å². The molecule has 0 bridgehead atoms. The molecule has 4 heteroatoms. The minimum absolute atomic E-state index is 0.229. The Hall–Kier alpha value is -1.55. The van der Waals surface area contributed by atoms with Crippen LogP contribution in [0.15, 0.2) is 28.9 Å². The first kappa shape index (κ1) is 15.5. The second kappa shape index (κ2) is 9.39. The quantitative estimate of drug-likeness (QED) is 0.423. The van der Waals surface area contributed by atoms with E-state index in [-0.39, 0.29) is 12.0 Å². The maximum atomic E-state index is 11.5. The molecule has 4 nitrogen and oxygen atoms in total. The van der Waals surface area contributed by atoms with Crippen LogP contribution in [0.5, 0.6) is 0 Å². The number of unbranched alkanes of at least 4 members (excludes halogenated alkanes) is 1. The Balaban J connectivity index is 2.24. The van der Waals surface area contributed by atoms with Gasteiger partial charge in [-0.3, -0.25) is 0 Å². The third kappa shape index (κ3) is 6.82. The summed E-state index contributed by atoms with van der Waals surface area (Å²) in [5.41, 5.74) is 0. The molecule has 1 aromatic heterocycles. The van der Waals surface area contributed by atoms with Crippen molar-refractivity contribution >= 4 is 12.0 Å². The highest BCUT2D eigenvalue weighted by atomic mass is 16.5. The molecule has 0 aliphatic rings. The lowest BCUT2D eigenvalue weighted by Gasteiger charge is -2.16. The Morgan fingerprint density at radius 2 is 2.37 bits per heavy atom. The highest BCUT2D eigenvalue weighted by Crippen LogP contribution is 2.02. The molecule has 0 radical (unpaired) electrons. The summed E-state index contributed by atoms with van der Waals surface area (Å²) in [5.74, 6) is 0.303. The van der Waals surface area contributed by atoms with Gasteiger partial charge in [-0.05, 0) is 37.6 Å². The van der Waals surface area contributed by atoms with E-state index in [2.05, 4.69) is 19.2 Å². The average Bonchev–Trinajstić information content (AvgIpc) is 2.93. The van der Waals surface area contributed by atoms with Crippen molar-refractivity contribution in [2.75, 3.05) is 13.2 Å². The lowest BCUT2D eigenvalue weighted by atomic mass is 10.2. The van der Waals surface area contributed by atoms with Crippen LogP contribution in [-0.4, -0.2) is 25.2 Å². The van der Waals surface area contributed by atoms with Crippen LogP contribution < -0.4 is 5.32 Å². The smallest absolute Gasteiger partial charge is 0.330 e. The van der Waals surface area contributed by atoms with Gasteiger partial charge >= 0.3 is 5.97 Å². The summed E-state index contributed by atoms with van der Waals surface area (Å²) >= 11 is 0. The number of ether oxygens (including phenoxy) is 1. The van der Waals surface area contributed by atoms with Gasteiger partial charge in [0.1, 0.15) is 12.4 Å². The molecular weight excluding hydrogens is 242 g/mol. The van der Waals surface area contributed by atoms with E-state index < -0.39 is 0 Å². The van der Waals surface area contributed by atoms with Crippen LogP contribution in [0.3, 0.4) is 0 Å². The Morgan fingerprint density at radius 3 is 3.00 bits per heavy atom. The maximum absolute atomic E-state index is 11.5. The van der Waals surface area contributed by atoms with E-state index >= 15 is 0 Å². The Labute approximate surface area is 114 Å². The van der Waals surface area contributed by atoms with Crippen molar-refractivity contribution < 1.29 is 13.9 Å². The summed E-state index contributed by atoms with van der Waals surface area (Å²) in [6, 6.07) is 3.79. The number of furan rings is 1. The zero-order valence-electron chi connectivity index (χ0n) is 11.7. The molecule has 0 amide bonds. The van der Waals surface area contributed by atoms with Gasteiger partial charge in [0.05, 0.1) is 6.26 Å². The van der Waals surface area contributed by atoms with Crippen LogP contribution in [0.25, 0.3) is 6.08 Å². The van der Waals surface area contributed by atoms with Crippen molar-refractivity contribution in [1.82, 2.24) is 5.32 Å². The highest BCUT2D eigenvalue weighted by Gasteiger charge is 2.07. The lowest BCUT2D eigenvalue weighted by molar-refractivity contribution is -0.138. The maximum Gasteiger partial charge on any atom is 0.330 e. The van der Waals surface area contributed by atoms with Gasteiger partial charge in [-0.2, -0.15) is 0 Å². The van der Waals surface area contributed by atoms with E-state index in [1.807, 2.05) is 0 Å². The molecule has 0 aromatic carbocycles. The summed E-state index contributed by atoms with van der Waals surface area (Å²) < 4.78 is 10.3. The van der Waals surface area contributed by atoms with E-state index in [0.717, 1.165) is 25.8 Å². The van der Waals surface area contributed by atoms with Crippen LogP contribution in [0, 0.1) is 0 Å². The lowest BCUT2D eigenvalue weighted by Crippen LogP contribution is -2.34. The molecule has 0 aliphatic carbocycles. The third-order valence-corrected chi connectivity index (χ3v) is 2.81. The predicted molar refractivity (Wildman–Crippen MR) is 75.7 cm³/mol. The molecule has 0 saturated carbocycles. The van der Waals surface area contributed by atoms with Gasteiger partial charge in [0.25, 0.3) is 0 Å². The number of esters is 1. The molecule has 1 heterocycles. The normalized spacial score (nSPS) is 12.7. The fourth-order valence-electron chi connectivity index (χ4n) is 1.57. The van der Waals surface area contributed by atoms with Crippen LogP contribution in [0.1, 0.15) is 38.9 Å². The van der Waals surface area contributed by atoms with E-state index in [1.54, 1.807) is 24.5 Å². The molecule has 0 aliphatic heterocycles. The average molecular weight is 265 g/mol. The second-order valence-electron chi connectivity index (χ2n) is 4.39. The molecule has 1 N–H and O–H groups in total. The van der Waals surface area contributed by atoms with Crippen LogP contribution in [-0.2, 0) is 9.53 Å². The van der Waals surface area contributed by atoms with Crippen molar-refractivity contribution in [3.05, 3.63) is 30.2 Å². The van der Waals surface area contributed by atoms with Crippen LogP contribution in [0.2, 0.25) is 0 Å². The number of carbonyl (C=O) groups is 1. The minimum Gasteiger partial charge on any atom is -0.465 e. The van der Waals surface area contributed by atoms with Gasteiger partial charge in [0, 0.05) is 12.1 Å². The SMILES string of the molecule is CCCCNC(CC)COC(=O)/C=C/c1ccco1. The summed E-state index contributed by atoms with van der Waals surface area (Å²) in [6.07, 6.45) is 7.80. The molecular formula is C15H23NO3. The summed E-state index contributed by atoms with van der Waals surface area (Å²) in [5, 5.41) is 3.38. The first-order valence-electron chi connectivity index (χ1n) is 6.88. The van der Waals surface area contributed by atoms with Crippen LogP contribution >= 0.6 is 0 Å². The fraction of sp³-hybridized carbons (Fsp3) is 0.533. The number of nitrogens with one attached hydrogen (secondary N) is 1. The number of hydrogen-bond donors (Lipinski definition) is 1. The van der Waals surface area contributed by atoms with Gasteiger partial charge in [0.15, 0.2) is 0 Å². The van der Waals surface area contributed by atoms with E-state index in [9.17, 15) is 4.79 Å². The van der Waals surface area contributed by atoms with Gasteiger partial charge < -0.3 is 14.5 Å². The molecule has 1 atom stereocenters. The minimum atomic E-state index is -0.341. The van der Waals surface area contributed by atoms with E-state index in [4.69, 9.17) is 9.15 Å². The Kier molecular flexibility index (Phi) is 7.66. The molecule has 19 heavy (non-hydrogen) atoms. The van der Waals surface area contributed by atoms with Crippen molar-refractivity contribution in [3.8, 4) is 0 Å². The van der Waals surface area contributed by atoms with Gasteiger partial charge in [-0.25, -0.2) is 4.79 Å². The summed E-state index contributed by atoms with van der Waals surface area (Å²) in [4.78, 5) is 11.5. The number of rotatable bonds is 9. The van der Waals surface area contributed by atoms with Crippen molar-refractivity contribution in [2.24, 2.45) is 0 Å². The predicted octanol–water partition coefficient (Wildman–Crippen LogP) is 3.00. The number of carbonyl (C=O) groups excluding carboxylic acids is 1. The zero-order valence-corrected chi connectivity index (χ0v) is 11.7. The monoisotopic (exact) mass is 265 g/mol. The molecule has 0 spiro atoms. The molecule has 1 unspecified atom stereocenters. The van der Waals surface area contributed by atoms with Crippen molar-refractivity contribution in [1.29, 1.82) is 0 Å². The molecule has 1 rings (SSSR count). The molecule has 106 valence electrons.